The molecule has 2 aromatic heterocycles. The number of carbonyl (C=O) groups is 1. The molecule has 152 valence electrons. The number of nitrogens with two attached hydrogens (primary N) is 3. The van der Waals surface area contributed by atoms with Crippen molar-refractivity contribution < 1.29 is 13.6 Å². The zero-order valence-electron chi connectivity index (χ0n) is 15.8. The van der Waals surface area contributed by atoms with Crippen molar-refractivity contribution in [2.24, 2.45) is 22.5 Å². The number of rotatable bonds is 5. The molecular weight excluding hydrogens is 382 g/mol. The maximum Gasteiger partial charge on any atom is 0.349 e. The first-order valence-electron chi connectivity index (χ1n) is 8.56. The third-order valence-corrected chi connectivity index (χ3v) is 4.65. The summed E-state index contributed by atoms with van der Waals surface area (Å²) in [5.41, 5.74) is 9.25. The van der Waals surface area contributed by atoms with E-state index >= 15 is 0 Å². The number of amidine groups is 1. The highest BCUT2D eigenvalue weighted by Gasteiger charge is 2.40. The van der Waals surface area contributed by atoms with Crippen LogP contribution in [-0.4, -0.2) is 26.5 Å². The molecule has 0 spiro atoms. The van der Waals surface area contributed by atoms with Crippen molar-refractivity contribution in [3.8, 4) is 0 Å². The summed E-state index contributed by atoms with van der Waals surface area (Å²) < 4.78 is 30.7. The fourth-order valence-corrected chi connectivity index (χ4v) is 3.12. The Morgan fingerprint density at radius 2 is 2.00 bits per heavy atom. The first-order chi connectivity index (χ1) is 13.7. The van der Waals surface area contributed by atoms with Crippen molar-refractivity contribution in [3.05, 3.63) is 58.4 Å². The van der Waals surface area contributed by atoms with Crippen LogP contribution in [0.5, 0.6) is 0 Å². The standard InChI is InChI=1S/C18H20F2N8O/c1-9-4-3-5-12(15(21)29)13(9)8-28-16-11(10(2)27-28)6-7-14(24-16)18(19,20)17(25-22)26-23/h3-7H,8,22-23H2,1-2H3,(H2,21,29)(H,25,26). The van der Waals surface area contributed by atoms with Crippen molar-refractivity contribution in [3.63, 3.8) is 0 Å². The first kappa shape index (κ1) is 20.1. The lowest BCUT2D eigenvalue weighted by Crippen LogP contribution is -2.43. The van der Waals surface area contributed by atoms with E-state index in [2.05, 4.69) is 15.2 Å². The normalized spacial score (nSPS) is 12.4. The van der Waals surface area contributed by atoms with E-state index in [4.69, 9.17) is 17.4 Å². The van der Waals surface area contributed by atoms with Crippen LogP contribution in [0.2, 0.25) is 0 Å². The van der Waals surface area contributed by atoms with Gasteiger partial charge in [0.2, 0.25) is 11.7 Å². The van der Waals surface area contributed by atoms with Gasteiger partial charge >= 0.3 is 5.92 Å². The summed E-state index contributed by atoms with van der Waals surface area (Å²) in [6.45, 7) is 3.69. The maximum absolute atomic E-state index is 14.6. The Morgan fingerprint density at radius 3 is 2.62 bits per heavy atom. The smallest absolute Gasteiger partial charge is 0.349 e. The van der Waals surface area contributed by atoms with Gasteiger partial charge < -0.3 is 17.0 Å². The molecule has 0 atom stereocenters. The average molecular weight is 402 g/mol. The molecule has 0 unspecified atom stereocenters. The van der Waals surface area contributed by atoms with Gasteiger partial charge in [-0.3, -0.25) is 4.79 Å². The molecule has 0 aliphatic rings. The number of alkyl halides is 2. The highest BCUT2D eigenvalue weighted by Crippen LogP contribution is 2.30. The Morgan fingerprint density at radius 1 is 1.28 bits per heavy atom. The number of fused-ring (bicyclic) bond motifs is 1. The van der Waals surface area contributed by atoms with Gasteiger partial charge in [-0.25, -0.2) is 15.5 Å². The number of hydrazine groups is 1. The zero-order chi connectivity index (χ0) is 21.3. The van der Waals surface area contributed by atoms with E-state index in [9.17, 15) is 13.6 Å². The molecule has 0 saturated carbocycles. The van der Waals surface area contributed by atoms with Gasteiger partial charge in [-0.1, -0.05) is 12.1 Å². The second kappa shape index (κ2) is 7.43. The minimum Gasteiger partial charge on any atom is -0.366 e. The molecule has 0 bridgehead atoms. The number of hydrazone groups is 1. The number of hydrogen-bond acceptors (Lipinski definition) is 6. The zero-order valence-corrected chi connectivity index (χ0v) is 15.8. The largest absolute Gasteiger partial charge is 0.366 e. The number of nitrogens with one attached hydrogen (secondary N) is 1. The summed E-state index contributed by atoms with van der Waals surface area (Å²) in [4.78, 5) is 15.9. The van der Waals surface area contributed by atoms with Gasteiger partial charge in [0.05, 0.1) is 12.2 Å². The predicted octanol–water partition coefficient (Wildman–Crippen LogP) is 1.02. The number of nitrogens with zero attached hydrogens (tertiary/aromatic N) is 4. The van der Waals surface area contributed by atoms with E-state index in [0.29, 0.717) is 22.2 Å². The van der Waals surface area contributed by atoms with Crippen molar-refractivity contribution in [1.82, 2.24) is 20.2 Å². The molecule has 3 aromatic rings. The predicted molar refractivity (Wildman–Crippen MR) is 104 cm³/mol. The number of pyridine rings is 1. The summed E-state index contributed by atoms with van der Waals surface area (Å²) in [7, 11) is 0. The fraction of sp³-hybridized carbons (Fsp3) is 0.222. The van der Waals surface area contributed by atoms with Gasteiger partial charge in [0.15, 0.2) is 5.65 Å². The maximum atomic E-state index is 14.6. The Balaban J connectivity index is 2.15. The minimum absolute atomic E-state index is 0.129. The summed E-state index contributed by atoms with van der Waals surface area (Å²) in [5, 5.41) is 7.97. The molecule has 0 radical (unpaired) electrons. The molecule has 11 heteroatoms. The monoisotopic (exact) mass is 402 g/mol. The highest BCUT2D eigenvalue weighted by atomic mass is 19.3. The SMILES string of the molecule is Cc1cccc(C(N)=O)c1Cn1nc(C)c2ccc(C(F)(F)/C(=N/N)NN)nc21. The van der Waals surface area contributed by atoms with Crippen LogP contribution in [-0.2, 0) is 12.5 Å². The van der Waals surface area contributed by atoms with Crippen LogP contribution in [0.25, 0.3) is 11.0 Å². The van der Waals surface area contributed by atoms with Gasteiger partial charge in [-0.2, -0.15) is 19.0 Å². The van der Waals surface area contributed by atoms with Crippen molar-refractivity contribution >= 4 is 22.8 Å². The summed E-state index contributed by atoms with van der Waals surface area (Å²) in [5.74, 6) is 4.93. The molecule has 29 heavy (non-hydrogen) atoms. The van der Waals surface area contributed by atoms with E-state index in [1.165, 1.54) is 10.7 Å². The number of amides is 1. The van der Waals surface area contributed by atoms with E-state index in [-0.39, 0.29) is 12.2 Å². The molecule has 0 fully saturated rings. The molecule has 0 aliphatic heterocycles. The van der Waals surface area contributed by atoms with Crippen LogP contribution < -0.4 is 22.8 Å². The van der Waals surface area contributed by atoms with Crippen LogP contribution in [0, 0.1) is 13.8 Å². The number of aryl methyl sites for hydroxylation is 2. The third kappa shape index (κ3) is 3.47. The van der Waals surface area contributed by atoms with Gasteiger partial charge in [0, 0.05) is 10.9 Å². The van der Waals surface area contributed by atoms with E-state index in [0.717, 1.165) is 11.6 Å². The van der Waals surface area contributed by atoms with Crippen molar-refractivity contribution in [2.75, 3.05) is 0 Å². The van der Waals surface area contributed by atoms with Crippen molar-refractivity contribution in [1.29, 1.82) is 0 Å². The number of aromatic nitrogens is 3. The average Bonchev–Trinajstić information content (AvgIpc) is 2.99. The lowest BCUT2D eigenvalue weighted by molar-refractivity contribution is 0.0666. The highest BCUT2D eigenvalue weighted by molar-refractivity contribution is 5.94. The third-order valence-electron chi connectivity index (χ3n) is 4.65. The second-order valence-electron chi connectivity index (χ2n) is 6.47. The molecule has 1 amide bonds. The molecule has 1 aromatic carbocycles. The Hall–Kier alpha value is -3.60. The molecule has 9 nitrogen and oxygen atoms in total. The second-order valence-corrected chi connectivity index (χ2v) is 6.47. The Kier molecular flexibility index (Phi) is 5.16. The van der Waals surface area contributed by atoms with Gasteiger partial charge in [-0.05, 0) is 43.2 Å². The van der Waals surface area contributed by atoms with Crippen LogP contribution in [0.1, 0.15) is 32.9 Å². The molecule has 7 N–H and O–H groups in total. The van der Waals surface area contributed by atoms with Crippen LogP contribution in [0.3, 0.4) is 0 Å². The molecule has 0 aliphatic carbocycles. The van der Waals surface area contributed by atoms with E-state index < -0.39 is 23.4 Å². The Labute approximate surface area is 164 Å². The number of halogens is 2. The van der Waals surface area contributed by atoms with Gasteiger partial charge in [0.25, 0.3) is 0 Å². The summed E-state index contributed by atoms with van der Waals surface area (Å²) >= 11 is 0. The van der Waals surface area contributed by atoms with Crippen LogP contribution in [0.15, 0.2) is 35.4 Å². The van der Waals surface area contributed by atoms with E-state index in [1.54, 1.807) is 24.5 Å². The molecule has 3 rings (SSSR count). The number of carbonyl (C=O) groups excluding carboxylic acids is 1. The van der Waals surface area contributed by atoms with Crippen LogP contribution >= 0.6 is 0 Å². The molecule has 0 saturated heterocycles. The minimum atomic E-state index is -3.64. The number of hydrogen-bond donors (Lipinski definition) is 4. The van der Waals surface area contributed by atoms with Crippen molar-refractivity contribution in [2.45, 2.75) is 26.3 Å². The quantitative estimate of drug-likeness (QED) is 0.217. The fourth-order valence-electron chi connectivity index (χ4n) is 3.12. The first-order valence-corrected chi connectivity index (χ1v) is 8.56. The molecular formula is C18H20F2N8O. The van der Waals surface area contributed by atoms with Crippen LogP contribution in [0.4, 0.5) is 8.78 Å². The van der Waals surface area contributed by atoms with Gasteiger partial charge in [-0.15, -0.1) is 0 Å². The summed E-state index contributed by atoms with van der Waals surface area (Å²) in [6, 6.07) is 7.79. The number of primary amides is 1. The molecule has 2 heterocycles. The number of benzene rings is 1. The lowest BCUT2D eigenvalue weighted by Gasteiger charge is -2.17. The summed E-state index contributed by atoms with van der Waals surface area (Å²) in [6.07, 6.45) is 0. The Bertz CT molecular complexity index is 1120. The lowest BCUT2D eigenvalue weighted by atomic mass is 10.0. The van der Waals surface area contributed by atoms with Gasteiger partial charge in [0.1, 0.15) is 5.69 Å². The van der Waals surface area contributed by atoms with E-state index in [1.807, 2.05) is 13.0 Å². The topological polar surface area (TPSA) is 150 Å².